The van der Waals surface area contributed by atoms with E-state index in [1.54, 1.807) is 29.2 Å². The van der Waals surface area contributed by atoms with Crippen molar-refractivity contribution in [3.05, 3.63) is 72.2 Å². The minimum atomic E-state index is -3.75. The number of ether oxygens (including phenoxy) is 1. The molecule has 182 valence electrons. The molecule has 35 heavy (non-hydrogen) atoms. The predicted molar refractivity (Wildman–Crippen MR) is 123 cm³/mol. The first kappa shape index (κ1) is 24.2. The third-order valence-corrected chi connectivity index (χ3v) is 7.45. The highest BCUT2D eigenvalue weighted by Gasteiger charge is 2.30. The molecule has 1 aliphatic heterocycles. The summed E-state index contributed by atoms with van der Waals surface area (Å²) in [7, 11) is -3.75. The smallest absolute Gasteiger partial charge is 0.340 e. The maximum Gasteiger partial charge on any atom is 0.340 e. The van der Waals surface area contributed by atoms with Gasteiger partial charge in [0.05, 0.1) is 10.5 Å². The third-order valence-electron chi connectivity index (χ3n) is 5.54. The number of benzene rings is 1. The summed E-state index contributed by atoms with van der Waals surface area (Å²) >= 11 is 0. The number of pyridine rings is 1. The molecule has 1 saturated heterocycles. The largest absolute Gasteiger partial charge is 0.452 e. The molecule has 3 aromatic rings. The van der Waals surface area contributed by atoms with E-state index in [1.165, 1.54) is 52.7 Å². The Kier molecular flexibility index (Phi) is 7.03. The number of rotatable bonds is 7. The number of hydrogen-bond donors (Lipinski definition) is 0. The summed E-state index contributed by atoms with van der Waals surface area (Å²) < 4.78 is 33.7. The third kappa shape index (κ3) is 5.44. The van der Waals surface area contributed by atoms with Gasteiger partial charge in [-0.15, -0.1) is 0 Å². The van der Waals surface area contributed by atoms with Crippen LogP contribution in [0.4, 0.5) is 0 Å². The number of esters is 1. The fourth-order valence-electron chi connectivity index (χ4n) is 3.54. The highest BCUT2D eigenvalue weighted by atomic mass is 32.2. The molecule has 0 aliphatic carbocycles. The zero-order chi connectivity index (χ0) is 25.0. The quantitative estimate of drug-likeness (QED) is 0.351. The number of hydrogen-bond acceptors (Lipinski definition) is 8. The van der Waals surface area contributed by atoms with E-state index in [1.807, 2.05) is 0 Å². The lowest BCUT2D eigenvalue weighted by molar-refractivity contribution is -0.135. The Morgan fingerprint density at radius 3 is 2.23 bits per heavy atom. The van der Waals surface area contributed by atoms with Crippen molar-refractivity contribution in [1.29, 1.82) is 0 Å². The summed E-state index contributed by atoms with van der Waals surface area (Å²) in [5.74, 6) is -0.718. The molecule has 1 amide bonds. The molecule has 4 rings (SSSR count). The molecule has 0 spiro atoms. The van der Waals surface area contributed by atoms with Crippen molar-refractivity contribution in [3.8, 4) is 5.82 Å². The molecule has 0 unspecified atom stereocenters. The van der Waals surface area contributed by atoms with Gasteiger partial charge in [0.25, 0.3) is 5.91 Å². The molecule has 1 fully saturated rings. The van der Waals surface area contributed by atoms with Gasteiger partial charge in [0.2, 0.25) is 10.0 Å². The topological polar surface area (TPSA) is 132 Å². The van der Waals surface area contributed by atoms with Gasteiger partial charge in [0.15, 0.2) is 18.2 Å². The zero-order valence-electron chi connectivity index (χ0n) is 18.9. The van der Waals surface area contributed by atoms with E-state index in [9.17, 15) is 22.8 Å². The molecule has 12 heteroatoms. The molecule has 0 bridgehead atoms. The van der Waals surface area contributed by atoms with Crippen molar-refractivity contribution >= 4 is 27.7 Å². The summed E-state index contributed by atoms with van der Waals surface area (Å²) in [6, 6.07) is 10.6. The van der Waals surface area contributed by atoms with Crippen LogP contribution in [0.1, 0.15) is 27.6 Å². The number of piperazine rings is 1. The molecule has 1 aliphatic rings. The summed E-state index contributed by atoms with van der Waals surface area (Å²) in [6.45, 7) is 1.50. The Balaban J connectivity index is 1.28. The molecule has 11 nitrogen and oxygen atoms in total. The molecular weight excluding hydrogens is 474 g/mol. The Hall–Kier alpha value is -3.90. The van der Waals surface area contributed by atoms with Gasteiger partial charge in [-0.25, -0.2) is 22.9 Å². The first-order valence-corrected chi connectivity index (χ1v) is 12.2. The van der Waals surface area contributed by atoms with Crippen LogP contribution in [-0.2, 0) is 19.6 Å². The second-order valence-corrected chi connectivity index (χ2v) is 9.74. The van der Waals surface area contributed by atoms with Crippen LogP contribution < -0.4 is 0 Å². The summed E-state index contributed by atoms with van der Waals surface area (Å²) in [5, 5.41) is 4.05. The number of aromatic nitrogens is 3. The summed E-state index contributed by atoms with van der Waals surface area (Å²) in [6.07, 6.45) is 4.67. The predicted octanol–water partition coefficient (Wildman–Crippen LogP) is 1.16. The van der Waals surface area contributed by atoms with E-state index in [0.717, 1.165) is 0 Å². The SMILES string of the molecule is CC(=O)c1ccc(S(=O)(=O)N2CCN(C(=O)COC(=O)c3ccc(-n4cccn4)nc3)CC2)cc1. The highest BCUT2D eigenvalue weighted by molar-refractivity contribution is 7.89. The van der Waals surface area contributed by atoms with Crippen LogP contribution in [0.2, 0.25) is 0 Å². The maximum atomic E-state index is 12.9. The fourth-order valence-corrected chi connectivity index (χ4v) is 4.96. The van der Waals surface area contributed by atoms with E-state index in [4.69, 9.17) is 4.74 Å². The highest BCUT2D eigenvalue weighted by Crippen LogP contribution is 2.19. The molecule has 0 saturated carbocycles. The maximum absolute atomic E-state index is 12.9. The van der Waals surface area contributed by atoms with Crippen molar-refractivity contribution in [2.75, 3.05) is 32.8 Å². The number of ketones is 1. The van der Waals surface area contributed by atoms with Gasteiger partial charge < -0.3 is 9.64 Å². The van der Waals surface area contributed by atoms with Gasteiger partial charge >= 0.3 is 5.97 Å². The normalized spacial score (nSPS) is 14.5. The zero-order valence-corrected chi connectivity index (χ0v) is 19.7. The molecule has 0 radical (unpaired) electrons. The van der Waals surface area contributed by atoms with E-state index >= 15 is 0 Å². The fraction of sp³-hybridized carbons (Fsp3) is 0.261. The van der Waals surface area contributed by atoms with Crippen LogP contribution in [0.25, 0.3) is 5.82 Å². The van der Waals surface area contributed by atoms with Crippen molar-refractivity contribution in [3.63, 3.8) is 0 Å². The average molecular weight is 498 g/mol. The van der Waals surface area contributed by atoms with E-state index in [-0.39, 0.29) is 42.4 Å². The molecule has 0 atom stereocenters. The van der Waals surface area contributed by atoms with Crippen LogP contribution in [0.5, 0.6) is 0 Å². The molecule has 3 heterocycles. The first-order valence-electron chi connectivity index (χ1n) is 10.8. The van der Waals surface area contributed by atoms with Gasteiger partial charge in [-0.1, -0.05) is 12.1 Å². The number of carbonyl (C=O) groups excluding carboxylic acids is 3. The van der Waals surface area contributed by atoms with Crippen molar-refractivity contribution < 1.29 is 27.5 Å². The van der Waals surface area contributed by atoms with Crippen molar-refractivity contribution in [1.82, 2.24) is 24.0 Å². The number of nitrogens with zero attached hydrogens (tertiary/aromatic N) is 5. The average Bonchev–Trinajstić information content (AvgIpc) is 3.42. The number of Topliss-reactive ketones (excluding diaryl/α,β-unsaturated/α-hetero) is 1. The molecule has 0 N–H and O–H groups in total. The standard InChI is InChI=1S/C23H23N5O6S/c1-17(29)18-3-6-20(7-4-18)35(32,33)27-13-11-26(12-14-27)22(30)16-34-23(31)19-5-8-21(24-15-19)28-10-2-9-25-28/h2-10,15H,11-14,16H2,1H3. The van der Waals surface area contributed by atoms with Crippen LogP contribution in [0.15, 0.2) is 66.0 Å². The monoisotopic (exact) mass is 497 g/mol. The Bertz CT molecular complexity index is 1310. The van der Waals surface area contributed by atoms with Gasteiger partial charge in [-0.05, 0) is 37.3 Å². The van der Waals surface area contributed by atoms with Gasteiger partial charge in [0.1, 0.15) is 0 Å². The van der Waals surface area contributed by atoms with E-state index in [2.05, 4.69) is 10.1 Å². The number of amides is 1. The van der Waals surface area contributed by atoms with Crippen molar-refractivity contribution in [2.24, 2.45) is 0 Å². The van der Waals surface area contributed by atoms with Crippen LogP contribution >= 0.6 is 0 Å². The van der Waals surface area contributed by atoms with Crippen molar-refractivity contribution in [2.45, 2.75) is 11.8 Å². The van der Waals surface area contributed by atoms with Crippen LogP contribution in [0, 0.1) is 0 Å². The second kappa shape index (κ2) is 10.2. The lowest BCUT2D eigenvalue weighted by Crippen LogP contribution is -2.51. The van der Waals surface area contributed by atoms with Crippen LogP contribution in [-0.4, -0.2) is 82.8 Å². The van der Waals surface area contributed by atoms with E-state index < -0.39 is 28.5 Å². The lowest BCUT2D eigenvalue weighted by atomic mass is 10.2. The molecular formula is C23H23N5O6S. The minimum absolute atomic E-state index is 0.0865. The first-order chi connectivity index (χ1) is 16.8. The minimum Gasteiger partial charge on any atom is -0.452 e. The molecule has 1 aromatic carbocycles. The second-order valence-electron chi connectivity index (χ2n) is 7.80. The van der Waals surface area contributed by atoms with Gasteiger partial charge in [-0.3, -0.25) is 9.59 Å². The Labute approximate surface area is 202 Å². The van der Waals surface area contributed by atoms with Crippen LogP contribution in [0.3, 0.4) is 0 Å². The number of carbonyl (C=O) groups is 3. The van der Waals surface area contributed by atoms with E-state index in [0.29, 0.717) is 11.4 Å². The van der Waals surface area contributed by atoms with Gasteiger partial charge in [-0.2, -0.15) is 9.40 Å². The summed E-state index contributed by atoms with van der Waals surface area (Å²) in [5.41, 5.74) is 0.624. The lowest BCUT2D eigenvalue weighted by Gasteiger charge is -2.33. The Morgan fingerprint density at radius 2 is 1.66 bits per heavy atom. The van der Waals surface area contributed by atoms with Gasteiger partial charge in [0, 0.05) is 50.3 Å². The number of sulfonamides is 1. The molecule has 2 aromatic heterocycles. The Morgan fingerprint density at radius 1 is 0.971 bits per heavy atom. The summed E-state index contributed by atoms with van der Waals surface area (Å²) in [4.78, 5) is 41.9.